The summed E-state index contributed by atoms with van der Waals surface area (Å²) in [6.07, 6.45) is 1.76. The van der Waals surface area contributed by atoms with Crippen molar-refractivity contribution in [3.8, 4) is 28.3 Å². The van der Waals surface area contributed by atoms with Crippen molar-refractivity contribution in [1.29, 1.82) is 0 Å². The number of halogens is 1. The summed E-state index contributed by atoms with van der Waals surface area (Å²) in [6.45, 7) is 3.34. The zero-order valence-electron chi connectivity index (χ0n) is 18.6. The Morgan fingerprint density at radius 1 is 1.00 bits per heavy atom. The fourth-order valence-corrected chi connectivity index (χ4v) is 4.04. The van der Waals surface area contributed by atoms with Gasteiger partial charge >= 0.3 is 0 Å². The van der Waals surface area contributed by atoms with E-state index in [9.17, 15) is 4.79 Å². The molecule has 5 rings (SSSR count). The van der Waals surface area contributed by atoms with Gasteiger partial charge in [0.2, 0.25) is 0 Å². The fourth-order valence-electron chi connectivity index (χ4n) is 4.04. The molecular weight excluding hydrogens is 438 g/mol. The number of amides is 1. The molecule has 0 saturated carbocycles. The van der Waals surface area contributed by atoms with E-state index in [1.165, 1.54) is 0 Å². The van der Waals surface area contributed by atoms with E-state index >= 15 is 0 Å². The van der Waals surface area contributed by atoms with Gasteiger partial charge in [-0.15, -0.1) is 12.4 Å². The molecule has 0 atom stereocenters. The SMILES string of the molecule is COc1cccc(-c2ccnc3nc(-c4ccc(C(=O)N5CCN(C)CC5)cc4)[nH]c23)c1.Cl. The Kier molecular flexibility index (Phi) is 6.62. The third-order valence-corrected chi connectivity index (χ3v) is 5.97. The number of hydrogen-bond donors (Lipinski definition) is 1. The van der Waals surface area contributed by atoms with Crippen molar-refractivity contribution < 1.29 is 9.53 Å². The Morgan fingerprint density at radius 2 is 1.76 bits per heavy atom. The van der Waals surface area contributed by atoms with Crippen LogP contribution in [0.2, 0.25) is 0 Å². The topological polar surface area (TPSA) is 74.4 Å². The molecule has 3 heterocycles. The maximum atomic E-state index is 12.8. The molecule has 1 aliphatic heterocycles. The summed E-state index contributed by atoms with van der Waals surface area (Å²) in [5, 5.41) is 0. The maximum Gasteiger partial charge on any atom is 0.253 e. The number of carbonyl (C=O) groups is 1. The van der Waals surface area contributed by atoms with Gasteiger partial charge in [0.1, 0.15) is 11.6 Å². The fraction of sp³-hybridized carbons (Fsp3) is 0.240. The number of likely N-dealkylation sites (N-methyl/N-ethyl adjacent to an activating group) is 1. The van der Waals surface area contributed by atoms with E-state index in [0.717, 1.165) is 60.0 Å². The van der Waals surface area contributed by atoms with E-state index in [2.05, 4.69) is 26.9 Å². The van der Waals surface area contributed by atoms with Gasteiger partial charge in [0.25, 0.3) is 5.91 Å². The minimum absolute atomic E-state index is 0. The predicted octanol–water partition coefficient (Wildman–Crippen LogP) is 4.11. The van der Waals surface area contributed by atoms with Crippen molar-refractivity contribution >= 4 is 29.5 Å². The summed E-state index contributed by atoms with van der Waals surface area (Å²) in [5.41, 5.74) is 5.17. The first-order valence-electron chi connectivity index (χ1n) is 10.7. The van der Waals surface area contributed by atoms with Crippen LogP contribution in [0.15, 0.2) is 60.8 Å². The van der Waals surface area contributed by atoms with Crippen LogP contribution in [-0.2, 0) is 0 Å². The summed E-state index contributed by atoms with van der Waals surface area (Å²) in [7, 11) is 3.74. The first kappa shape index (κ1) is 22.8. The quantitative estimate of drug-likeness (QED) is 0.493. The number of benzene rings is 2. The van der Waals surface area contributed by atoms with E-state index in [1.54, 1.807) is 13.3 Å². The van der Waals surface area contributed by atoms with Crippen LogP contribution in [0.4, 0.5) is 0 Å². The number of fused-ring (bicyclic) bond motifs is 1. The Hall–Kier alpha value is -3.42. The number of carbonyl (C=O) groups excluding carboxylic acids is 1. The highest BCUT2D eigenvalue weighted by Crippen LogP contribution is 2.30. The summed E-state index contributed by atoms with van der Waals surface area (Å²) in [5.74, 6) is 1.60. The smallest absolute Gasteiger partial charge is 0.253 e. The van der Waals surface area contributed by atoms with Crippen molar-refractivity contribution in [2.24, 2.45) is 0 Å². The summed E-state index contributed by atoms with van der Waals surface area (Å²) in [6, 6.07) is 17.5. The monoisotopic (exact) mass is 463 g/mol. The van der Waals surface area contributed by atoms with Crippen LogP contribution in [-0.4, -0.2) is 71.0 Å². The van der Waals surface area contributed by atoms with Crippen molar-refractivity contribution in [2.45, 2.75) is 0 Å². The molecule has 7 nitrogen and oxygen atoms in total. The van der Waals surface area contributed by atoms with Gasteiger partial charge in [0.05, 0.1) is 12.6 Å². The number of nitrogens with one attached hydrogen (secondary N) is 1. The normalized spacial score (nSPS) is 14.2. The molecule has 0 bridgehead atoms. The molecule has 0 aliphatic carbocycles. The Bertz CT molecular complexity index is 1260. The number of rotatable bonds is 4. The molecule has 2 aromatic heterocycles. The number of pyridine rings is 1. The number of hydrogen-bond acceptors (Lipinski definition) is 5. The van der Waals surface area contributed by atoms with Gasteiger partial charge < -0.3 is 19.5 Å². The maximum absolute atomic E-state index is 12.8. The molecule has 4 aromatic rings. The minimum atomic E-state index is 0. The molecule has 1 N–H and O–H groups in total. The highest BCUT2D eigenvalue weighted by atomic mass is 35.5. The van der Waals surface area contributed by atoms with Crippen molar-refractivity contribution in [3.63, 3.8) is 0 Å². The molecule has 8 heteroatoms. The largest absolute Gasteiger partial charge is 0.497 e. The number of imidazole rings is 1. The molecule has 1 fully saturated rings. The van der Waals surface area contributed by atoms with Crippen LogP contribution < -0.4 is 4.74 Å². The van der Waals surface area contributed by atoms with Gasteiger partial charge in [-0.05, 0) is 42.9 Å². The molecule has 2 aromatic carbocycles. The highest BCUT2D eigenvalue weighted by molar-refractivity contribution is 5.95. The highest BCUT2D eigenvalue weighted by Gasteiger charge is 2.20. The molecule has 33 heavy (non-hydrogen) atoms. The van der Waals surface area contributed by atoms with Gasteiger partial charge in [-0.1, -0.05) is 24.3 Å². The van der Waals surface area contributed by atoms with Gasteiger partial charge in [-0.25, -0.2) is 9.97 Å². The second-order valence-corrected chi connectivity index (χ2v) is 8.05. The Balaban J connectivity index is 0.00000259. The molecule has 1 amide bonds. The van der Waals surface area contributed by atoms with Gasteiger partial charge in [0.15, 0.2) is 5.65 Å². The number of ether oxygens (including phenoxy) is 1. The number of aromatic amines is 1. The standard InChI is InChI=1S/C25H25N5O2.ClH/c1-29-12-14-30(15-13-29)25(31)18-8-6-17(7-9-18)23-27-22-21(10-11-26-24(22)28-23)19-4-3-5-20(16-19)32-2;/h3-11,16H,12-15H2,1-2H3,(H,26,27,28);1H. The van der Waals surface area contributed by atoms with Crippen LogP contribution in [0.5, 0.6) is 5.75 Å². The Labute approximate surface area is 198 Å². The lowest BCUT2D eigenvalue weighted by Crippen LogP contribution is -2.47. The van der Waals surface area contributed by atoms with Crippen molar-refractivity contribution in [1.82, 2.24) is 24.8 Å². The molecular formula is C25H26ClN5O2. The number of methoxy groups -OCH3 is 1. The summed E-state index contributed by atoms with van der Waals surface area (Å²) < 4.78 is 5.37. The third-order valence-electron chi connectivity index (χ3n) is 5.97. The van der Waals surface area contributed by atoms with E-state index in [-0.39, 0.29) is 18.3 Å². The van der Waals surface area contributed by atoms with E-state index in [4.69, 9.17) is 4.74 Å². The number of aromatic nitrogens is 3. The average Bonchev–Trinajstić information content (AvgIpc) is 3.29. The zero-order valence-corrected chi connectivity index (χ0v) is 19.4. The average molecular weight is 464 g/mol. The van der Waals surface area contributed by atoms with Crippen molar-refractivity contribution in [2.75, 3.05) is 40.3 Å². The van der Waals surface area contributed by atoms with E-state index in [1.807, 2.05) is 59.5 Å². The molecule has 170 valence electrons. The second kappa shape index (κ2) is 9.60. The van der Waals surface area contributed by atoms with Crippen LogP contribution in [0.3, 0.4) is 0 Å². The molecule has 1 saturated heterocycles. The first-order chi connectivity index (χ1) is 15.6. The van der Waals surface area contributed by atoms with Gasteiger partial charge in [0, 0.05) is 49.1 Å². The van der Waals surface area contributed by atoms with Crippen molar-refractivity contribution in [3.05, 3.63) is 66.4 Å². The summed E-state index contributed by atoms with van der Waals surface area (Å²) in [4.78, 5) is 29.5. The first-order valence-corrected chi connectivity index (χ1v) is 10.7. The van der Waals surface area contributed by atoms with Crippen LogP contribution in [0.25, 0.3) is 33.7 Å². The lowest BCUT2D eigenvalue weighted by molar-refractivity contribution is 0.0664. The molecule has 0 unspecified atom stereocenters. The Morgan fingerprint density at radius 3 is 2.48 bits per heavy atom. The zero-order chi connectivity index (χ0) is 22.1. The second-order valence-electron chi connectivity index (χ2n) is 8.05. The van der Waals surface area contributed by atoms with Crippen LogP contribution in [0, 0.1) is 0 Å². The molecule has 0 spiro atoms. The number of nitrogens with zero attached hydrogens (tertiary/aromatic N) is 4. The summed E-state index contributed by atoms with van der Waals surface area (Å²) >= 11 is 0. The van der Waals surface area contributed by atoms with E-state index < -0.39 is 0 Å². The number of piperazine rings is 1. The van der Waals surface area contributed by atoms with Crippen LogP contribution >= 0.6 is 12.4 Å². The van der Waals surface area contributed by atoms with E-state index in [0.29, 0.717) is 11.2 Å². The van der Waals surface area contributed by atoms with Gasteiger partial charge in [-0.2, -0.15) is 0 Å². The third kappa shape index (κ3) is 4.55. The number of H-pyrrole nitrogens is 1. The lowest BCUT2D eigenvalue weighted by Gasteiger charge is -2.32. The van der Waals surface area contributed by atoms with Gasteiger partial charge in [-0.3, -0.25) is 4.79 Å². The molecule has 0 radical (unpaired) electrons. The lowest BCUT2D eigenvalue weighted by atomic mass is 10.1. The van der Waals surface area contributed by atoms with Crippen LogP contribution in [0.1, 0.15) is 10.4 Å². The minimum Gasteiger partial charge on any atom is -0.497 e. The molecule has 1 aliphatic rings. The predicted molar refractivity (Wildman–Crippen MR) is 132 cm³/mol.